The van der Waals surface area contributed by atoms with Gasteiger partial charge >= 0.3 is 5.97 Å². The molecule has 0 aliphatic carbocycles. The third-order valence-corrected chi connectivity index (χ3v) is 2.05. The summed E-state index contributed by atoms with van der Waals surface area (Å²) in [5.74, 6) is -0.283. The maximum atomic E-state index is 11.5. The van der Waals surface area contributed by atoms with Crippen molar-refractivity contribution in [2.45, 2.75) is 44.9 Å². The Kier molecular flexibility index (Phi) is 3.88. The molecule has 2 unspecified atom stereocenters. The zero-order valence-corrected chi connectivity index (χ0v) is 9.49. The molecular weight excluding hydrogens is 194 g/mol. The van der Waals surface area contributed by atoms with Crippen LogP contribution in [0.1, 0.15) is 27.2 Å². The normalized spacial score (nSPS) is 26.4. The fourth-order valence-corrected chi connectivity index (χ4v) is 1.44. The molecule has 86 valence electrons. The van der Waals surface area contributed by atoms with E-state index in [0.29, 0.717) is 6.54 Å². The van der Waals surface area contributed by atoms with Gasteiger partial charge < -0.3 is 15.2 Å². The molecule has 1 heterocycles. The molecule has 1 rings (SSSR count). The first-order valence-corrected chi connectivity index (χ1v) is 5.18. The van der Waals surface area contributed by atoms with Crippen LogP contribution in [0.15, 0.2) is 12.2 Å². The third-order valence-electron chi connectivity index (χ3n) is 2.05. The van der Waals surface area contributed by atoms with Gasteiger partial charge in [-0.1, -0.05) is 12.2 Å². The van der Waals surface area contributed by atoms with Crippen molar-refractivity contribution in [3.05, 3.63) is 12.2 Å². The maximum Gasteiger partial charge on any atom is 0.308 e. The Morgan fingerprint density at radius 1 is 1.60 bits per heavy atom. The number of aliphatic hydroxyl groups is 1. The van der Waals surface area contributed by atoms with Gasteiger partial charge in [-0.15, -0.1) is 0 Å². The van der Waals surface area contributed by atoms with Crippen molar-refractivity contribution in [1.82, 2.24) is 5.32 Å². The summed E-state index contributed by atoms with van der Waals surface area (Å²) in [6.45, 7) is 6.17. The topological polar surface area (TPSA) is 58.6 Å². The molecule has 0 fully saturated rings. The van der Waals surface area contributed by atoms with Crippen LogP contribution in [-0.2, 0) is 9.53 Å². The molecule has 0 aromatic heterocycles. The molecule has 15 heavy (non-hydrogen) atoms. The van der Waals surface area contributed by atoms with Crippen LogP contribution in [0.25, 0.3) is 0 Å². The second kappa shape index (κ2) is 4.77. The van der Waals surface area contributed by atoms with Gasteiger partial charge in [-0.3, -0.25) is 4.79 Å². The minimum absolute atomic E-state index is 0.197. The summed E-state index contributed by atoms with van der Waals surface area (Å²) < 4.78 is 5.17. The lowest BCUT2D eigenvalue weighted by Crippen LogP contribution is -2.44. The van der Waals surface area contributed by atoms with Crippen LogP contribution in [0.4, 0.5) is 0 Å². The molecular formula is C11H19NO3. The van der Waals surface area contributed by atoms with E-state index >= 15 is 0 Å². The summed E-state index contributed by atoms with van der Waals surface area (Å²) in [5.41, 5.74) is -0.466. The predicted octanol–water partition coefficient (Wildman–Crippen LogP) is 0.607. The van der Waals surface area contributed by atoms with Crippen molar-refractivity contribution < 1.29 is 14.6 Å². The second-order valence-corrected chi connectivity index (χ2v) is 4.72. The summed E-state index contributed by atoms with van der Waals surface area (Å²) in [4.78, 5) is 11.5. The maximum absolute atomic E-state index is 11.5. The smallest absolute Gasteiger partial charge is 0.308 e. The van der Waals surface area contributed by atoms with E-state index in [1.807, 2.05) is 26.8 Å². The summed E-state index contributed by atoms with van der Waals surface area (Å²) >= 11 is 0. The zero-order chi connectivity index (χ0) is 11.5. The fraction of sp³-hybridized carbons (Fsp3) is 0.727. The average molecular weight is 213 g/mol. The number of rotatable bonds is 2. The molecule has 0 saturated heterocycles. The van der Waals surface area contributed by atoms with Crippen LogP contribution in [-0.4, -0.2) is 35.4 Å². The van der Waals surface area contributed by atoms with Gasteiger partial charge in [-0.2, -0.15) is 0 Å². The molecule has 0 aromatic rings. The molecule has 1 aliphatic heterocycles. The first-order valence-electron chi connectivity index (χ1n) is 5.18. The van der Waals surface area contributed by atoms with E-state index in [4.69, 9.17) is 4.74 Å². The summed E-state index contributed by atoms with van der Waals surface area (Å²) in [6, 6.07) is -0.232. The molecule has 2 N–H and O–H groups in total. The van der Waals surface area contributed by atoms with Crippen molar-refractivity contribution in [2.24, 2.45) is 0 Å². The van der Waals surface area contributed by atoms with E-state index < -0.39 is 11.7 Å². The van der Waals surface area contributed by atoms with Crippen LogP contribution in [0.3, 0.4) is 0 Å². The number of carbonyl (C=O) groups excluding carboxylic acids is 1. The minimum atomic E-state index is -0.605. The number of ether oxygens (including phenoxy) is 1. The predicted molar refractivity (Wildman–Crippen MR) is 57.4 cm³/mol. The van der Waals surface area contributed by atoms with Crippen molar-refractivity contribution in [2.75, 3.05) is 6.54 Å². The van der Waals surface area contributed by atoms with Gasteiger partial charge in [0.05, 0.1) is 12.5 Å². The van der Waals surface area contributed by atoms with Crippen molar-refractivity contribution in [3.8, 4) is 0 Å². The summed E-state index contributed by atoms with van der Waals surface area (Å²) in [7, 11) is 0. The molecule has 2 atom stereocenters. The van der Waals surface area contributed by atoms with Crippen molar-refractivity contribution >= 4 is 5.97 Å². The van der Waals surface area contributed by atoms with E-state index in [1.165, 1.54) is 0 Å². The van der Waals surface area contributed by atoms with E-state index in [9.17, 15) is 9.90 Å². The van der Waals surface area contributed by atoms with Crippen LogP contribution >= 0.6 is 0 Å². The van der Waals surface area contributed by atoms with Crippen LogP contribution in [0.2, 0.25) is 0 Å². The van der Waals surface area contributed by atoms with E-state index in [0.717, 1.165) is 0 Å². The Labute approximate surface area is 90.3 Å². The highest BCUT2D eigenvalue weighted by Crippen LogP contribution is 2.12. The average Bonchev–Trinajstić information content (AvgIpc) is 2.05. The first kappa shape index (κ1) is 12.2. The standard InChI is InChI=1S/C11H19NO3/c1-11(2,3)15-10(14)7-8-9(13)5-4-6-12-8/h4-5,8-9,12-13H,6-7H2,1-3H3. The van der Waals surface area contributed by atoms with Gasteiger partial charge in [0.1, 0.15) is 5.60 Å². The SMILES string of the molecule is CC(C)(C)OC(=O)CC1NCC=CC1O. The van der Waals surface area contributed by atoms with Crippen LogP contribution < -0.4 is 5.32 Å². The van der Waals surface area contributed by atoms with Gasteiger partial charge in [0.15, 0.2) is 0 Å². The summed E-state index contributed by atoms with van der Waals surface area (Å²) in [5, 5.41) is 12.6. The number of hydrogen-bond acceptors (Lipinski definition) is 4. The number of esters is 1. The molecule has 0 aromatic carbocycles. The monoisotopic (exact) mass is 213 g/mol. The lowest BCUT2D eigenvalue weighted by molar-refractivity contribution is -0.156. The lowest BCUT2D eigenvalue weighted by atomic mass is 10.0. The zero-order valence-electron chi connectivity index (χ0n) is 9.49. The highest BCUT2D eigenvalue weighted by molar-refractivity contribution is 5.70. The molecule has 1 aliphatic rings. The lowest BCUT2D eigenvalue weighted by Gasteiger charge is -2.26. The van der Waals surface area contributed by atoms with Gasteiger partial charge in [0, 0.05) is 12.6 Å². The Balaban J connectivity index is 2.41. The number of aliphatic hydroxyl groups excluding tert-OH is 1. The van der Waals surface area contributed by atoms with Crippen LogP contribution in [0, 0.1) is 0 Å². The molecule has 4 heteroatoms. The first-order chi connectivity index (χ1) is 6.88. The Morgan fingerprint density at radius 3 is 2.80 bits per heavy atom. The largest absolute Gasteiger partial charge is 0.460 e. The van der Waals surface area contributed by atoms with Gasteiger partial charge in [0.25, 0.3) is 0 Å². The quantitative estimate of drug-likeness (QED) is 0.521. The molecule has 0 spiro atoms. The van der Waals surface area contributed by atoms with E-state index in [1.54, 1.807) is 6.08 Å². The molecule has 0 radical (unpaired) electrons. The van der Waals surface area contributed by atoms with Crippen molar-refractivity contribution in [3.63, 3.8) is 0 Å². The van der Waals surface area contributed by atoms with E-state index in [2.05, 4.69) is 5.32 Å². The Morgan fingerprint density at radius 2 is 2.27 bits per heavy atom. The highest BCUT2D eigenvalue weighted by Gasteiger charge is 2.25. The number of nitrogens with one attached hydrogen (secondary N) is 1. The number of hydrogen-bond donors (Lipinski definition) is 2. The Hall–Kier alpha value is -0.870. The Bertz CT molecular complexity index is 255. The molecule has 0 saturated carbocycles. The third kappa shape index (κ3) is 4.44. The van der Waals surface area contributed by atoms with Gasteiger partial charge in [-0.05, 0) is 20.8 Å². The van der Waals surface area contributed by atoms with Gasteiger partial charge in [0.2, 0.25) is 0 Å². The number of carbonyl (C=O) groups is 1. The van der Waals surface area contributed by atoms with E-state index in [-0.39, 0.29) is 18.4 Å². The fourth-order valence-electron chi connectivity index (χ4n) is 1.44. The molecule has 0 bridgehead atoms. The second-order valence-electron chi connectivity index (χ2n) is 4.72. The highest BCUT2D eigenvalue weighted by atomic mass is 16.6. The molecule has 0 amide bonds. The van der Waals surface area contributed by atoms with Crippen molar-refractivity contribution in [1.29, 1.82) is 0 Å². The molecule has 4 nitrogen and oxygen atoms in total. The minimum Gasteiger partial charge on any atom is -0.460 e. The summed E-state index contributed by atoms with van der Waals surface area (Å²) in [6.07, 6.45) is 3.14. The van der Waals surface area contributed by atoms with Crippen LogP contribution in [0.5, 0.6) is 0 Å². The van der Waals surface area contributed by atoms with Gasteiger partial charge in [-0.25, -0.2) is 0 Å².